The Morgan fingerprint density at radius 3 is 2.48 bits per heavy atom. The van der Waals surface area contributed by atoms with E-state index in [1.807, 2.05) is 31.2 Å². The number of aliphatic hydroxyl groups is 1. The topological polar surface area (TPSA) is 89.3 Å². The van der Waals surface area contributed by atoms with E-state index in [0.29, 0.717) is 21.7 Å². The number of aliphatic hydroxyl groups excluding tert-OH is 1. The molecule has 1 aliphatic heterocycles. The fourth-order valence-corrected chi connectivity index (χ4v) is 6.75. The Kier molecular flexibility index (Phi) is 4.57. The smallest absolute Gasteiger partial charge is 0.266 e. The average Bonchev–Trinajstić information content (AvgIpc) is 2.88. The van der Waals surface area contributed by atoms with Crippen LogP contribution in [0.2, 0.25) is 0 Å². The Hall–Kier alpha value is -2.16. The van der Waals surface area contributed by atoms with Crippen molar-refractivity contribution >= 4 is 32.5 Å². The summed E-state index contributed by atoms with van der Waals surface area (Å²) < 4.78 is 25.2. The molecule has 8 heteroatoms. The summed E-state index contributed by atoms with van der Waals surface area (Å²) in [4.78, 5) is 17.7. The quantitative estimate of drug-likeness (QED) is 0.674. The summed E-state index contributed by atoms with van der Waals surface area (Å²) in [6, 6.07) is 14.5. The molecule has 4 rings (SSSR count). The predicted octanol–water partition coefficient (Wildman–Crippen LogP) is 1.94. The molecule has 0 amide bonds. The van der Waals surface area contributed by atoms with E-state index < -0.39 is 21.2 Å². The van der Waals surface area contributed by atoms with Crippen molar-refractivity contribution in [2.24, 2.45) is 0 Å². The van der Waals surface area contributed by atoms with Gasteiger partial charge in [0.2, 0.25) is 0 Å². The van der Waals surface area contributed by atoms with Crippen molar-refractivity contribution in [1.29, 1.82) is 0 Å². The van der Waals surface area contributed by atoms with Gasteiger partial charge in [0.05, 0.1) is 39.4 Å². The Bertz CT molecular complexity index is 1170. The van der Waals surface area contributed by atoms with Gasteiger partial charge in [0.15, 0.2) is 15.0 Å². The normalized spacial score (nSPS) is 21.6. The molecule has 2 heterocycles. The van der Waals surface area contributed by atoms with E-state index in [1.54, 1.807) is 24.3 Å². The molecule has 1 fully saturated rings. The Morgan fingerprint density at radius 2 is 1.81 bits per heavy atom. The maximum atomic E-state index is 13.1. The summed E-state index contributed by atoms with van der Waals surface area (Å²) in [5, 5.41) is 10.5. The van der Waals surface area contributed by atoms with Gasteiger partial charge < -0.3 is 5.11 Å². The minimum atomic E-state index is -3.29. The Labute approximate surface area is 160 Å². The molecule has 0 spiro atoms. The first-order valence-corrected chi connectivity index (χ1v) is 11.2. The number of nitrogens with zero attached hydrogens (tertiary/aromatic N) is 2. The molecule has 140 valence electrons. The van der Waals surface area contributed by atoms with Gasteiger partial charge in [-0.3, -0.25) is 9.36 Å². The summed E-state index contributed by atoms with van der Waals surface area (Å²) in [5.41, 5.74) is 2.04. The molecule has 0 radical (unpaired) electrons. The molecule has 1 saturated heterocycles. The average molecular weight is 402 g/mol. The molecule has 1 aliphatic rings. The van der Waals surface area contributed by atoms with Crippen LogP contribution in [0.5, 0.6) is 0 Å². The van der Waals surface area contributed by atoms with Gasteiger partial charge in [0.1, 0.15) is 0 Å². The van der Waals surface area contributed by atoms with Crippen molar-refractivity contribution in [2.45, 2.75) is 23.4 Å². The van der Waals surface area contributed by atoms with Crippen molar-refractivity contribution in [2.75, 3.05) is 11.5 Å². The van der Waals surface area contributed by atoms with E-state index in [4.69, 9.17) is 0 Å². The molecule has 0 saturated carbocycles. The monoisotopic (exact) mass is 402 g/mol. The van der Waals surface area contributed by atoms with Gasteiger partial charge in [-0.1, -0.05) is 41.6 Å². The molecule has 0 aliphatic carbocycles. The maximum absolute atomic E-state index is 13.1. The highest BCUT2D eigenvalue weighted by Gasteiger charge is 2.38. The van der Waals surface area contributed by atoms with Crippen LogP contribution in [0.15, 0.2) is 58.5 Å². The van der Waals surface area contributed by atoms with Gasteiger partial charge in [0, 0.05) is 0 Å². The lowest BCUT2D eigenvalue weighted by Crippen LogP contribution is -2.25. The number of hydrogen-bond acceptors (Lipinski definition) is 6. The zero-order valence-corrected chi connectivity index (χ0v) is 16.2. The first-order chi connectivity index (χ1) is 12.8. The predicted molar refractivity (Wildman–Crippen MR) is 106 cm³/mol. The van der Waals surface area contributed by atoms with Crippen molar-refractivity contribution in [3.8, 4) is 5.69 Å². The minimum Gasteiger partial charge on any atom is -0.391 e. The Balaban J connectivity index is 1.89. The van der Waals surface area contributed by atoms with E-state index in [1.165, 1.54) is 4.57 Å². The summed E-state index contributed by atoms with van der Waals surface area (Å²) in [7, 11) is -3.29. The highest BCUT2D eigenvalue weighted by atomic mass is 32.2. The zero-order valence-electron chi connectivity index (χ0n) is 14.6. The molecule has 2 atom stereocenters. The SMILES string of the molecule is Cc1ccc(-n2c(S[C@H]3CS(=O)(=O)C[C@@H]3O)nc3ccccc3c2=O)cc1. The van der Waals surface area contributed by atoms with Gasteiger partial charge >= 0.3 is 0 Å². The van der Waals surface area contributed by atoms with Crippen molar-refractivity contribution in [1.82, 2.24) is 9.55 Å². The number of thioether (sulfide) groups is 1. The summed E-state index contributed by atoms with van der Waals surface area (Å²) >= 11 is 1.14. The first-order valence-electron chi connectivity index (χ1n) is 8.48. The molecule has 27 heavy (non-hydrogen) atoms. The molecule has 6 nitrogen and oxygen atoms in total. The summed E-state index contributed by atoms with van der Waals surface area (Å²) in [5.74, 6) is -0.386. The van der Waals surface area contributed by atoms with Crippen LogP contribution >= 0.6 is 11.8 Å². The molecule has 0 bridgehead atoms. The Morgan fingerprint density at radius 1 is 1.11 bits per heavy atom. The van der Waals surface area contributed by atoms with E-state index in [2.05, 4.69) is 4.98 Å². The van der Waals surface area contributed by atoms with Crippen LogP contribution in [0.1, 0.15) is 5.56 Å². The van der Waals surface area contributed by atoms with E-state index >= 15 is 0 Å². The third kappa shape index (κ3) is 3.52. The molecule has 1 N–H and O–H groups in total. The van der Waals surface area contributed by atoms with Crippen LogP contribution in [0.25, 0.3) is 16.6 Å². The van der Waals surface area contributed by atoms with Crippen LogP contribution in [0.4, 0.5) is 0 Å². The second-order valence-corrected chi connectivity index (χ2v) is 10.0. The van der Waals surface area contributed by atoms with Crippen LogP contribution in [0.3, 0.4) is 0 Å². The number of benzene rings is 2. The van der Waals surface area contributed by atoms with Gasteiger partial charge in [-0.2, -0.15) is 0 Å². The zero-order chi connectivity index (χ0) is 19.2. The van der Waals surface area contributed by atoms with Crippen LogP contribution < -0.4 is 5.56 Å². The lowest BCUT2D eigenvalue weighted by atomic mass is 10.2. The summed E-state index contributed by atoms with van der Waals surface area (Å²) in [6.07, 6.45) is -0.977. The van der Waals surface area contributed by atoms with Crippen LogP contribution in [0, 0.1) is 6.92 Å². The summed E-state index contributed by atoms with van der Waals surface area (Å²) in [6.45, 7) is 1.96. The standard InChI is InChI=1S/C19H18N2O4S2/c1-12-6-8-13(9-7-12)21-18(23)14-4-2-3-5-15(14)20-19(21)26-17-11-27(24,25)10-16(17)22/h2-9,16-17,22H,10-11H2,1H3/t16-,17-/m0/s1. The lowest BCUT2D eigenvalue weighted by molar-refractivity contribution is 0.207. The van der Waals surface area contributed by atoms with Crippen LogP contribution in [-0.4, -0.2) is 45.9 Å². The van der Waals surface area contributed by atoms with Crippen molar-refractivity contribution < 1.29 is 13.5 Å². The van der Waals surface area contributed by atoms with Gasteiger partial charge in [-0.05, 0) is 31.2 Å². The van der Waals surface area contributed by atoms with E-state index in [-0.39, 0.29) is 17.1 Å². The number of para-hydroxylation sites is 1. The second-order valence-electron chi connectivity index (χ2n) is 6.69. The van der Waals surface area contributed by atoms with Crippen molar-refractivity contribution in [3.05, 3.63) is 64.4 Å². The third-order valence-electron chi connectivity index (χ3n) is 4.57. The molecule has 3 aromatic rings. The number of sulfone groups is 1. The van der Waals surface area contributed by atoms with Gasteiger partial charge in [-0.25, -0.2) is 13.4 Å². The van der Waals surface area contributed by atoms with Gasteiger partial charge in [-0.15, -0.1) is 0 Å². The first kappa shape index (κ1) is 18.2. The minimum absolute atomic E-state index is 0.130. The fraction of sp³-hybridized carbons (Fsp3) is 0.263. The second kappa shape index (κ2) is 6.78. The maximum Gasteiger partial charge on any atom is 0.266 e. The fourth-order valence-electron chi connectivity index (χ4n) is 3.16. The van der Waals surface area contributed by atoms with Crippen molar-refractivity contribution in [3.63, 3.8) is 0 Å². The molecule has 1 aromatic heterocycles. The largest absolute Gasteiger partial charge is 0.391 e. The number of aryl methyl sites for hydroxylation is 1. The molecular formula is C19H18N2O4S2. The highest BCUT2D eigenvalue weighted by Crippen LogP contribution is 2.31. The highest BCUT2D eigenvalue weighted by molar-refractivity contribution is 8.01. The van der Waals surface area contributed by atoms with Gasteiger partial charge in [0.25, 0.3) is 5.56 Å². The van der Waals surface area contributed by atoms with Crippen LogP contribution in [-0.2, 0) is 9.84 Å². The lowest BCUT2D eigenvalue weighted by Gasteiger charge is -2.17. The molecular weight excluding hydrogens is 384 g/mol. The molecule has 2 aromatic carbocycles. The molecule has 0 unspecified atom stereocenters. The number of fused-ring (bicyclic) bond motifs is 1. The van der Waals surface area contributed by atoms with E-state index in [9.17, 15) is 18.3 Å². The third-order valence-corrected chi connectivity index (χ3v) is 7.76. The number of hydrogen-bond donors (Lipinski definition) is 1. The number of rotatable bonds is 3. The number of aromatic nitrogens is 2. The van der Waals surface area contributed by atoms with E-state index in [0.717, 1.165) is 17.3 Å².